The van der Waals surface area contributed by atoms with Crippen molar-refractivity contribution in [3.63, 3.8) is 0 Å². The third-order valence-corrected chi connectivity index (χ3v) is 1.92. The Hall–Kier alpha value is -1.15. The zero-order chi connectivity index (χ0) is 11.1. The molecule has 2 nitrogen and oxygen atoms in total. The molecule has 0 radical (unpaired) electrons. The Balaban J connectivity index is 2.84. The van der Waals surface area contributed by atoms with Crippen LogP contribution < -0.4 is 0 Å². The summed E-state index contributed by atoms with van der Waals surface area (Å²) in [6.07, 6.45) is 0. The van der Waals surface area contributed by atoms with Gasteiger partial charge < -0.3 is 0 Å². The van der Waals surface area contributed by atoms with E-state index in [9.17, 15) is 0 Å². The van der Waals surface area contributed by atoms with Crippen molar-refractivity contribution in [2.24, 2.45) is 0 Å². The summed E-state index contributed by atoms with van der Waals surface area (Å²) in [6.45, 7) is -2.27. The van der Waals surface area contributed by atoms with E-state index >= 15 is 0 Å². The Morgan fingerprint density at radius 1 is 1.25 bits per heavy atom. The minimum atomic E-state index is -2.27. The standard InChI is InChI=1S/C9H7ClN2/c1-6-7-4-2-3-5-8(7)9(10)12-11-6/h2-5H,1H3/i1D3. The van der Waals surface area contributed by atoms with Crippen LogP contribution in [0.3, 0.4) is 0 Å². The SMILES string of the molecule is [2H]C([2H])([2H])c1nnc(Cl)c2ccccc12. The lowest BCUT2D eigenvalue weighted by molar-refractivity contribution is 1.00. The molecule has 0 bridgehead atoms. The Bertz CT molecular complexity index is 510. The van der Waals surface area contributed by atoms with E-state index in [1.54, 1.807) is 24.3 Å². The minimum absolute atomic E-state index is 0.0116. The van der Waals surface area contributed by atoms with Crippen LogP contribution >= 0.6 is 11.6 Å². The van der Waals surface area contributed by atoms with Gasteiger partial charge in [-0.25, -0.2) is 0 Å². The van der Waals surface area contributed by atoms with Gasteiger partial charge in [0.1, 0.15) is 0 Å². The third-order valence-electron chi connectivity index (χ3n) is 1.64. The summed E-state index contributed by atoms with van der Waals surface area (Å²) in [5, 5.41) is 8.62. The second-order valence-corrected chi connectivity index (χ2v) is 2.74. The summed E-state index contributed by atoms with van der Waals surface area (Å²) >= 11 is 5.82. The first kappa shape index (κ1) is 4.77. The van der Waals surface area contributed by atoms with Gasteiger partial charge in [-0.3, -0.25) is 0 Å². The molecule has 0 atom stereocenters. The van der Waals surface area contributed by atoms with E-state index < -0.39 is 6.85 Å². The fraction of sp³-hybridized carbons (Fsp3) is 0.111. The molecule has 0 fully saturated rings. The zero-order valence-corrected chi connectivity index (χ0v) is 6.84. The second-order valence-electron chi connectivity index (χ2n) is 2.39. The molecule has 60 valence electrons. The Morgan fingerprint density at radius 3 is 2.75 bits per heavy atom. The molecule has 0 aliphatic carbocycles. The number of hydrogen-bond acceptors (Lipinski definition) is 2. The van der Waals surface area contributed by atoms with Gasteiger partial charge in [-0.15, -0.1) is 5.10 Å². The van der Waals surface area contributed by atoms with Gasteiger partial charge in [0.05, 0.1) is 5.69 Å². The van der Waals surface area contributed by atoms with Crippen LogP contribution in [0.15, 0.2) is 24.3 Å². The number of benzene rings is 1. The van der Waals surface area contributed by atoms with Gasteiger partial charge in [-0.2, -0.15) is 5.10 Å². The highest BCUT2D eigenvalue weighted by molar-refractivity contribution is 6.34. The molecule has 1 heterocycles. The molecule has 12 heavy (non-hydrogen) atoms. The highest BCUT2D eigenvalue weighted by Gasteiger charge is 2.01. The number of aromatic nitrogens is 2. The summed E-state index contributed by atoms with van der Waals surface area (Å²) < 4.78 is 21.9. The predicted octanol–water partition coefficient (Wildman–Crippen LogP) is 2.59. The largest absolute Gasteiger partial charge is 0.159 e. The van der Waals surface area contributed by atoms with Gasteiger partial charge in [0.15, 0.2) is 5.15 Å². The van der Waals surface area contributed by atoms with Gasteiger partial charge in [0.25, 0.3) is 0 Å². The monoisotopic (exact) mass is 181 g/mol. The van der Waals surface area contributed by atoms with Crippen molar-refractivity contribution < 1.29 is 4.11 Å². The Kier molecular flexibility index (Phi) is 1.08. The van der Waals surface area contributed by atoms with E-state index in [1.165, 1.54) is 0 Å². The molecular weight excluding hydrogens is 172 g/mol. The van der Waals surface area contributed by atoms with Crippen LogP contribution in [0.1, 0.15) is 9.81 Å². The molecule has 0 aliphatic rings. The zero-order valence-electron chi connectivity index (χ0n) is 9.08. The van der Waals surface area contributed by atoms with Gasteiger partial charge in [0, 0.05) is 14.9 Å². The van der Waals surface area contributed by atoms with Crippen molar-refractivity contribution in [3.05, 3.63) is 35.1 Å². The minimum Gasteiger partial charge on any atom is -0.154 e. The van der Waals surface area contributed by atoms with Crippen LogP contribution in [-0.2, 0) is 0 Å². The van der Waals surface area contributed by atoms with Crippen molar-refractivity contribution >= 4 is 22.4 Å². The molecule has 0 aliphatic heterocycles. The van der Waals surface area contributed by atoms with Gasteiger partial charge in [0.2, 0.25) is 0 Å². The summed E-state index contributed by atoms with van der Waals surface area (Å²) in [7, 11) is 0. The summed E-state index contributed by atoms with van der Waals surface area (Å²) in [5.74, 6) is 0. The molecule has 1 aromatic carbocycles. The third kappa shape index (κ3) is 1.04. The van der Waals surface area contributed by atoms with Gasteiger partial charge in [-0.05, 0) is 6.85 Å². The maximum Gasteiger partial charge on any atom is 0.159 e. The molecule has 3 heteroatoms. The number of halogens is 1. The van der Waals surface area contributed by atoms with E-state index in [1.807, 2.05) is 0 Å². The van der Waals surface area contributed by atoms with Crippen LogP contribution in [0, 0.1) is 6.85 Å². The quantitative estimate of drug-likeness (QED) is 0.625. The Labute approximate surface area is 79.4 Å². The number of fused-ring (bicyclic) bond motifs is 1. The van der Waals surface area contributed by atoms with Crippen molar-refractivity contribution in [3.8, 4) is 0 Å². The first-order valence-corrected chi connectivity index (χ1v) is 3.79. The lowest BCUT2D eigenvalue weighted by Crippen LogP contribution is -1.89. The van der Waals surface area contributed by atoms with Crippen LogP contribution in [-0.4, -0.2) is 10.2 Å². The van der Waals surface area contributed by atoms with E-state index in [-0.39, 0.29) is 10.8 Å². The molecule has 0 N–H and O–H groups in total. The average molecular weight is 182 g/mol. The predicted molar refractivity (Wildman–Crippen MR) is 49.3 cm³/mol. The smallest absolute Gasteiger partial charge is 0.154 e. The first-order chi connectivity index (χ1) is 7.00. The molecule has 0 spiro atoms. The van der Waals surface area contributed by atoms with Crippen LogP contribution in [0.4, 0.5) is 0 Å². The Morgan fingerprint density at radius 2 is 2.00 bits per heavy atom. The van der Waals surface area contributed by atoms with E-state index in [4.69, 9.17) is 15.7 Å². The van der Waals surface area contributed by atoms with Crippen molar-refractivity contribution in [1.29, 1.82) is 0 Å². The van der Waals surface area contributed by atoms with Gasteiger partial charge >= 0.3 is 0 Å². The molecule has 2 aromatic rings. The number of rotatable bonds is 0. The topological polar surface area (TPSA) is 25.8 Å². The van der Waals surface area contributed by atoms with Crippen LogP contribution in [0.25, 0.3) is 10.8 Å². The molecule has 0 saturated heterocycles. The van der Waals surface area contributed by atoms with E-state index in [0.29, 0.717) is 10.8 Å². The summed E-state index contributed by atoms with van der Waals surface area (Å²) in [5.41, 5.74) is -0.0116. The second kappa shape index (κ2) is 2.72. The van der Waals surface area contributed by atoms with Crippen molar-refractivity contribution in [2.45, 2.75) is 6.85 Å². The first-order valence-electron chi connectivity index (χ1n) is 4.91. The van der Waals surface area contributed by atoms with Crippen molar-refractivity contribution in [1.82, 2.24) is 10.2 Å². The van der Waals surface area contributed by atoms with Gasteiger partial charge in [-0.1, -0.05) is 35.9 Å². The molecule has 0 amide bonds. The fourth-order valence-electron chi connectivity index (χ4n) is 1.07. The lowest BCUT2D eigenvalue weighted by atomic mass is 10.1. The maximum atomic E-state index is 7.31. The highest BCUT2D eigenvalue weighted by atomic mass is 35.5. The maximum absolute atomic E-state index is 7.31. The normalized spacial score (nSPS) is 15.2. The summed E-state index contributed by atoms with van der Waals surface area (Å²) in [4.78, 5) is 0. The molecule has 0 unspecified atom stereocenters. The van der Waals surface area contributed by atoms with E-state index in [0.717, 1.165) is 0 Å². The summed E-state index contributed by atoms with van der Waals surface area (Å²) in [6, 6.07) is 6.92. The molecule has 1 aromatic heterocycles. The van der Waals surface area contributed by atoms with Crippen molar-refractivity contribution in [2.75, 3.05) is 0 Å². The molecule has 0 saturated carbocycles. The number of hydrogen-bond donors (Lipinski definition) is 0. The lowest BCUT2D eigenvalue weighted by Gasteiger charge is -1.99. The number of nitrogens with zero attached hydrogens (tertiary/aromatic N) is 2. The number of aryl methyl sites for hydroxylation is 1. The molecule has 2 rings (SSSR count). The van der Waals surface area contributed by atoms with E-state index in [2.05, 4.69) is 10.2 Å². The fourth-order valence-corrected chi connectivity index (χ4v) is 1.27. The molecular formula is C9H7ClN2. The highest BCUT2D eigenvalue weighted by Crippen LogP contribution is 2.21. The average Bonchev–Trinajstić information content (AvgIpc) is 2.17. The van der Waals surface area contributed by atoms with Crippen LogP contribution in [0.5, 0.6) is 0 Å². The van der Waals surface area contributed by atoms with Crippen LogP contribution in [0.2, 0.25) is 5.15 Å².